The number of hydrogen-bond donors (Lipinski definition) is 3. The second-order valence-corrected chi connectivity index (χ2v) is 3.58. The lowest BCUT2D eigenvalue weighted by Gasteiger charge is -1.94. The summed E-state index contributed by atoms with van der Waals surface area (Å²) in [7, 11) is 0. The van der Waals surface area contributed by atoms with E-state index in [-0.39, 0.29) is 5.96 Å². The molecule has 0 spiro atoms. The van der Waals surface area contributed by atoms with E-state index < -0.39 is 0 Å². The standard InChI is InChI=1S/C8H9IN4/c9-7-3-1-6(2-4-7)5-12-13-8(10)11/h1-5H,(H4,10,11,13). The molecule has 0 saturated heterocycles. The van der Waals surface area contributed by atoms with Gasteiger partial charge in [0.1, 0.15) is 0 Å². The van der Waals surface area contributed by atoms with Crippen LogP contribution in [0.4, 0.5) is 0 Å². The third kappa shape index (κ3) is 3.88. The molecule has 0 unspecified atom stereocenters. The average molecular weight is 288 g/mol. The zero-order valence-electron chi connectivity index (χ0n) is 6.79. The minimum absolute atomic E-state index is 0.165. The third-order valence-electron chi connectivity index (χ3n) is 1.27. The van der Waals surface area contributed by atoms with Crippen molar-refractivity contribution in [1.82, 2.24) is 5.43 Å². The first kappa shape index (κ1) is 9.97. The van der Waals surface area contributed by atoms with Crippen LogP contribution >= 0.6 is 22.6 Å². The van der Waals surface area contributed by atoms with Crippen molar-refractivity contribution in [3.05, 3.63) is 33.4 Å². The highest BCUT2D eigenvalue weighted by atomic mass is 127. The van der Waals surface area contributed by atoms with Crippen LogP contribution < -0.4 is 11.2 Å². The highest BCUT2D eigenvalue weighted by Gasteiger charge is 1.87. The fourth-order valence-corrected chi connectivity index (χ4v) is 1.08. The van der Waals surface area contributed by atoms with Gasteiger partial charge in [0.25, 0.3) is 0 Å². The van der Waals surface area contributed by atoms with Gasteiger partial charge in [0.2, 0.25) is 5.96 Å². The molecule has 0 aliphatic rings. The molecule has 0 aromatic heterocycles. The van der Waals surface area contributed by atoms with E-state index in [1.807, 2.05) is 24.3 Å². The van der Waals surface area contributed by atoms with Crippen LogP contribution in [0.25, 0.3) is 0 Å². The van der Waals surface area contributed by atoms with Gasteiger partial charge in [-0.25, -0.2) is 5.43 Å². The number of nitrogens with zero attached hydrogens (tertiary/aromatic N) is 1. The van der Waals surface area contributed by atoms with Crippen LogP contribution in [0.3, 0.4) is 0 Å². The quantitative estimate of drug-likeness (QED) is 0.330. The molecule has 0 aliphatic carbocycles. The van der Waals surface area contributed by atoms with E-state index in [2.05, 4.69) is 33.1 Å². The summed E-state index contributed by atoms with van der Waals surface area (Å²) in [6.07, 6.45) is 1.61. The van der Waals surface area contributed by atoms with Gasteiger partial charge in [-0.15, -0.1) is 0 Å². The molecule has 0 bridgehead atoms. The van der Waals surface area contributed by atoms with Gasteiger partial charge in [-0.1, -0.05) is 12.1 Å². The van der Waals surface area contributed by atoms with Gasteiger partial charge in [0.15, 0.2) is 0 Å². The van der Waals surface area contributed by atoms with Crippen molar-refractivity contribution in [2.45, 2.75) is 0 Å². The van der Waals surface area contributed by atoms with Gasteiger partial charge in [0.05, 0.1) is 6.21 Å². The topological polar surface area (TPSA) is 74.3 Å². The third-order valence-corrected chi connectivity index (χ3v) is 1.99. The first-order valence-electron chi connectivity index (χ1n) is 3.57. The molecule has 0 heterocycles. The summed E-state index contributed by atoms with van der Waals surface area (Å²) in [5, 5.41) is 10.6. The van der Waals surface area contributed by atoms with Crippen molar-refractivity contribution >= 4 is 34.8 Å². The van der Waals surface area contributed by atoms with Gasteiger partial charge in [-0.3, -0.25) is 5.41 Å². The number of benzene rings is 1. The summed E-state index contributed by atoms with van der Waals surface area (Å²) in [5.74, 6) is -0.165. The average Bonchev–Trinajstić information content (AvgIpc) is 2.08. The van der Waals surface area contributed by atoms with Crippen LogP contribution in [0.2, 0.25) is 0 Å². The summed E-state index contributed by atoms with van der Waals surface area (Å²) in [5.41, 5.74) is 8.34. The number of nitrogens with one attached hydrogen (secondary N) is 2. The van der Waals surface area contributed by atoms with E-state index in [4.69, 9.17) is 11.1 Å². The van der Waals surface area contributed by atoms with Gasteiger partial charge in [0, 0.05) is 3.57 Å². The highest BCUT2D eigenvalue weighted by Crippen LogP contribution is 2.04. The Morgan fingerprint density at radius 2 is 2.08 bits per heavy atom. The Hall–Kier alpha value is -1.11. The Morgan fingerprint density at radius 1 is 1.46 bits per heavy atom. The van der Waals surface area contributed by atoms with E-state index in [0.717, 1.165) is 5.56 Å². The molecule has 4 nitrogen and oxygen atoms in total. The van der Waals surface area contributed by atoms with E-state index in [9.17, 15) is 0 Å². The summed E-state index contributed by atoms with van der Waals surface area (Å²) >= 11 is 2.23. The smallest absolute Gasteiger partial charge is 0.206 e. The predicted octanol–water partition coefficient (Wildman–Crippen LogP) is 1.11. The maximum absolute atomic E-state index is 6.85. The monoisotopic (exact) mass is 288 g/mol. The van der Waals surface area contributed by atoms with Gasteiger partial charge >= 0.3 is 0 Å². The maximum atomic E-state index is 6.85. The Morgan fingerprint density at radius 3 is 2.62 bits per heavy atom. The number of nitrogens with two attached hydrogens (primary N) is 1. The Balaban J connectivity index is 2.59. The molecular formula is C8H9IN4. The van der Waals surface area contributed by atoms with E-state index >= 15 is 0 Å². The second kappa shape index (κ2) is 4.80. The molecule has 0 aliphatic heterocycles. The molecule has 68 valence electrons. The van der Waals surface area contributed by atoms with Crippen LogP contribution in [-0.4, -0.2) is 12.2 Å². The maximum Gasteiger partial charge on any atom is 0.206 e. The van der Waals surface area contributed by atoms with Crippen molar-refractivity contribution in [3.8, 4) is 0 Å². The number of halogens is 1. The number of rotatable bonds is 2. The molecule has 0 radical (unpaired) electrons. The summed E-state index contributed by atoms with van der Waals surface area (Å²) in [6, 6.07) is 7.84. The molecule has 13 heavy (non-hydrogen) atoms. The van der Waals surface area contributed by atoms with Crippen molar-refractivity contribution in [3.63, 3.8) is 0 Å². The largest absolute Gasteiger partial charge is 0.369 e. The molecule has 1 rings (SSSR count). The highest BCUT2D eigenvalue weighted by molar-refractivity contribution is 14.1. The van der Waals surface area contributed by atoms with Gasteiger partial charge in [-0.2, -0.15) is 5.10 Å². The first-order valence-corrected chi connectivity index (χ1v) is 4.65. The van der Waals surface area contributed by atoms with E-state index in [0.29, 0.717) is 0 Å². The summed E-state index contributed by atoms with van der Waals surface area (Å²) in [6.45, 7) is 0. The van der Waals surface area contributed by atoms with Crippen LogP contribution in [0.1, 0.15) is 5.56 Å². The van der Waals surface area contributed by atoms with Gasteiger partial charge < -0.3 is 5.73 Å². The molecule has 0 fully saturated rings. The zero-order valence-corrected chi connectivity index (χ0v) is 8.95. The Labute approximate surface area is 89.9 Å². The fourth-order valence-electron chi connectivity index (χ4n) is 0.725. The lowest BCUT2D eigenvalue weighted by atomic mass is 10.2. The molecule has 0 atom stereocenters. The summed E-state index contributed by atoms with van der Waals surface area (Å²) in [4.78, 5) is 0. The first-order chi connectivity index (χ1) is 6.18. The molecule has 1 aromatic rings. The van der Waals surface area contributed by atoms with E-state index in [1.165, 1.54) is 3.57 Å². The van der Waals surface area contributed by atoms with Crippen molar-refractivity contribution in [2.75, 3.05) is 0 Å². The van der Waals surface area contributed by atoms with Crippen LogP contribution in [0.15, 0.2) is 29.4 Å². The predicted molar refractivity (Wildman–Crippen MR) is 61.8 cm³/mol. The number of hydrazone groups is 1. The van der Waals surface area contributed by atoms with Crippen LogP contribution in [0, 0.1) is 8.98 Å². The van der Waals surface area contributed by atoms with E-state index in [1.54, 1.807) is 6.21 Å². The normalized spacial score (nSPS) is 10.2. The number of guanidine groups is 1. The van der Waals surface area contributed by atoms with Gasteiger partial charge in [-0.05, 0) is 40.3 Å². The Kier molecular flexibility index (Phi) is 3.69. The fraction of sp³-hybridized carbons (Fsp3) is 0. The minimum atomic E-state index is -0.165. The molecule has 1 aromatic carbocycles. The zero-order chi connectivity index (χ0) is 9.68. The molecular weight excluding hydrogens is 279 g/mol. The Bertz CT molecular complexity index is 317. The van der Waals surface area contributed by atoms with Crippen molar-refractivity contribution < 1.29 is 0 Å². The molecule has 5 heteroatoms. The molecule has 0 amide bonds. The molecule has 0 saturated carbocycles. The molecule has 4 N–H and O–H groups in total. The summed E-state index contributed by atoms with van der Waals surface area (Å²) < 4.78 is 1.18. The minimum Gasteiger partial charge on any atom is -0.369 e. The number of hydrogen-bond acceptors (Lipinski definition) is 2. The van der Waals surface area contributed by atoms with Crippen LogP contribution in [0.5, 0.6) is 0 Å². The SMILES string of the molecule is N=C(N)NN=Cc1ccc(I)cc1. The second-order valence-electron chi connectivity index (χ2n) is 2.34. The van der Waals surface area contributed by atoms with Crippen LogP contribution in [-0.2, 0) is 0 Å². The van der Waals surface area contributed by atoms with Crippen molar-refractivity contribution in [1.29, 1.82) is 5.41 Å². The lowest BCUT2D eigenvalue weighted by molar-refractivity contribution is 1.00. The lowest BCUT2D eigenvalue weighted by Crippen LogP contribution is -2.25. The van der Waals surface area contributed by atoms with Crippen molar-refractivity contribution in [2.24, 2.45) is 10.8 Å².